The fourth-order valence-corrected chi connectivity index (χ4v) is 2.50. The minimum Gasteiger partial charge on any atom is -0.338 e. The van der Waals surface area contributed by atoms with Gasteiger partial charge >= 0.3 is 6.03 Å². The largest absolute Gasteiger partial charge is 0.338 e. The topological polar surface area (TPSA) is 41.1 Å². The summed E-state index contributed by atoms with van der Waals surface area (Å²) in [5.74, 6) is 0.681. The fraction of sp³-hybridized carbons (Fsp3) is 0.316. The van der Waals surface area contributed by atoms with Crippen molar-refractivity contribution in [2.24, 2.45) is 5.92 Å². The van der Waals surface area contributed by atoms with E-state index in [-0.39, 0.29) is 12.1 Å². The number of nitrogens with one attached hydrogen (secondary N) is 2. The van der Waals surface area contributed by atoms with E-state index >= 15 is 0 Å². The number of urea groups is 1. The van der Waals surface area contributed by atoms with Crippen molar-refractivity contribution in [1.29, 1.82) is 0 Å². The molecular weight excluding hydrogens is 272 g/mol. The van der Waals surface area contributed by atoms with Crippen LogP contribution in [0, 0.1) is 12.8 Å². The van der Waals surface area contributed by atoms with Gasteiger partial charge in [-0.2, -0.15) is 0 Å². The highest BCUT2D eigenvalue weighted by molar-refractivity contribution is 5.75. The van der Waals surface area contributed by atoms with Crippen molar-refractivity contribution in [3.63, 3.8) is 0 Å². The van der Waals surface area contributed by atoms with Crippen LogP contribution in [0.15, 0.2) is 54.6 Å². The van der Waals surface area contributed by atoms with Gasteiger partial charge < -0.3 is 10.6 Å². The van der Waals surface area contributed by atoms with Gasteiger partial charge in [0.15, 0.2) is 0 Å². The molecule has 1 atom stereocenters. The lowest BCUT2D eigenvalue weighted by Gasteiger charge is -2.20. The number of carbonyl (C=O) groups excluding carboxylic acids is 1. The molecule has 0 saturated heterocycles. The van der Waals surface area contributed by atoms with Crippen LogP contribution in [-0.4, -0.2) is 12.6 Å². The molecular formula is C19H22N2O. The summed E-state index contributed by atoms with van der Waals surface area (Å²) in [6, 6.07) is 18.2. The Labute approximate surface area is 131 Å². The normalized spacial score (nSPS) is 15.1. The first kappa shape index (κ1) is 14.6. The van der Waals surface area contributed by atoms with Crippen LogP contribution in [0.5, 0.6) is 0 Å². The Morgan fingerprint density at radius 1 is 1.05 bits per heavy atom. The van der Waals surface area contributed by atoms with Crippen LogP contribution in [0.4, 0.5) is 4.79 Å². The number of hydrogen-bond acceptors (Lipinski definition) is 1. The molecule has 1 aliphatic carbocycles. The summed E-state index contributed by atoms with van der Waals surface area (Å²) in [6.07, 6.45) is 2.47. The van der Waals surface area contributed by atoms with Crippen molar-refractivity contribution < 1.29 is 4.79 Å². The average molecular weight is 294 g/mol. The zero-order valence-corrected chi connectivity index (χ0v) is 12.9. The Morgan fingerprint density at radius 3 is 2.32 bits per heavy atom. The summed E-state index contributed by atoms with van der Waals surface area (Å²) >= 11 is 0. The van der Waals surface area contributed by atoms with Gasteiger partial charge in [0.2, 0.25) is 0 Å². The molecule has 1 saturated carbocycles. The quantitative estimate of drug-likeness (QED) is 0.865. The maximum absolute atomic E-state index is 12.2. The average Bonchev–Trinajstić information content (AvgIpc) is 3.37. The smallest absolute Gasteiger partial charge is 0.315 e. The summed E-state index contributed by atoms with van der Waals surface area (Å²) < 4.78 is 0. The van der Waals surface area contributed by atoms with Gasteiger partial charge in [-0.25, -0.2) is 4.79 Å². The van der Waals surface area contributed by atoms with E-state index in [0.717, 1.165) is 17.7 Å². The van der Waals surface area contributed by atoms with E-state index in [9.17, 15) is 4.79 Å². The highest BCUT2D eigenvalue weighted by Crippen LogP contribution is 2.27. The monoisotopic (exact) mass is 294 g/mol. The SMILES string of the molecule is Cc1ccc([C@H](NC(=O)NCC2CC2)c2ccccc2)cc1. The summed E-state index contributed by atoms with van der Waals surface area (Å²) in [6.45, 7) is 2.85. The van der Waals surface area contributed by atoms with Crippen molar-refractivity contribution >= 4 is 6.03 Å². The minimum absolute atomic E-state index is 0.0960. The molecule has 22 heavy (non-hydrogen) atoms. The molecule has 2 amide bonds. The van der Waals surface area contributed by atoms with Crippen molar-refractivity contribution in [2.45, 2.75) is 25.8 Å². The van der Waals surface area contributed by atoms with Gasteiger partial charge in [-0.15, -0.1) is 0 Å². The zero-order chi connectivity index (χ0) is 15.4. The maximum atomic E-state index is 12.2. The minimum atomic E-state index is -0.124. The van der Waals surface area contributed by atoms with Gasteiger partial charge in [-0.1, -0.05) is 60.2 Å². The molecule has 0 heterocycles. The molecule has 1 fully saturated rings. The second kappa shape index (κ2) is 6.65. The van der Waals surface area contributed by atoms with E-state index in [1.165, 1.54) is 18.4 Å². The molecule has 0 spiro atoms. The van der Waals surface area contributed by atoms with E-state index in [0.29, 0.717) is 5.92 Å². The zero-order valence-electron chi connectivity index (χ0n) is 12.9. The lowest BCUT2D eigenvalue weighted by molar-refractivity contribution is 0.238. The third-order valence-corrected chi connectivity index (χ3v) is 4.07. The molecule has 0 bridgehead atoms. The van der Waals surface area contributed by atoms with Crippen LogP contribution < -0.4 is 10.6 Å². The van der Waals surface area contributed by atoms with Crippen LogP contribution in [0.25, 0.3) is 0 Å². The molecule has 3 heteroatoms. The van der Waals surface area contributed by atoms with Crippen LogP contribution in [-0.2, 0) is 0 Å². The summed E-state index contributed by atoms with van der Waals surface area (Å²) in [4.78, 5) is 12.2. The first-order valence-electron chi connectivity index (χ1n) is 7.88. The number of aryl methyl sites for hydroxylation is 1. The first-order chi connectivity index (χ1) is 10.7. The lowest BCUT2D eigenvalue weighted by Crippen LogP contribution is -2.39. The second-order valence-electron chi connectivity index (χ2n) is 6.05. The van der Waals surface area contributed by atoms with Gasteiger partial charge in [-0.3, -0.25) is 0 Å². The molecule has 0 unspecified atom stereocenters. The van der Waals surface area contributed by atoms with E-state index in [2.05, 4.69) is 41.8 Å². The predicted octanol–water partition coefficient (Wildman–Crippen LogP) is 3.79. The maximum Gasteiger partial charge on any atom is 0.315 e. The van der Waals surface area contributed by atoms with Gasteiger partial charge in [0.05, 0.1) is 6.04 Å². The Morgan fingerprint density at radius 2 is 1.68 bits per heavy atom. The molecule has 2 aromatic rings. The van der Waals surface area contributed by atoms with Crippen molar-refractivity contribution in [3.8, 4) is 0 Å². The van der Waals surface area contributed by atoms with E-state index in [4.69, 9.17) is 0 Å². The number of hydrogen-bond donors (Lipinski definition) is 2. The molecule has 3 nitrogen and oxygen atoms in total. The van der Waals surface area contributed by atoms with Crippen LogP contribution in [0.1, 0.15) is 35.6 Å². The Hall–Kier alpha value is -2.29. The van der Waals surface area contributed by atoms with Crippen LogP contribution in [0.3, 0.4) is 0 Å². The standard InChI is InChI=1S/C19H22N2O/c1-14-7-11-17(12-8-14)18(16-5-3-2-4-6-16)21-19(22)20-13-15-9-10-15/h2-8,11-12,15,18H,9-10,13H2,1H3,(H2,20,21,22)/t18-/m1/s1. The van der Waals surface area contributed by atoms with Crippen molar-refractivity contribution in [2.75, 3.05) is 6.54 Å². The molecule has 2 aromatic carbocycles. The molecule has 0 radical (unpaired) electrons. The molecule has 114 valence electrons. The Balaban J connectivity index is 1.76. The van der Waals surface area contributed by atoms with E-state index in [1.807, 2.05) is 30.3 Å². The number of rotatable bonds is 5. The first-order valence-corrected chi connectivity index (χ1v) is 7.88. The van der Waals surface area contributed by atoms with Gasteiger partial charge in [0.1, 0.15) is 0 Å². The van der Waals surface area contributed by atoms with Crippen LogP contribution in [0.2, 0.25) is 0 Å². The highest BCUT2D eigenvalue weighted by atomic mass is 16.2. The Kier molecular flexibility index (Phi) is 4.42. The molecule has 3 rings (SSSR count). The van der Waals surface area contributed by atoms with Crippen LogP contribution >= 0.6 is 0 Å². The number of carbonyl (C=O) groups is 1. The van der Waals surface area contributed by atoms with Gasteiger partial charge in [-0.05, 0) is 36.8 Å². The van der Waals surface area contributed by atoms with E-state index < -0.39 is 0 Å². The highest BCUT2D eigenvalue weighted by Gasteiger charge is 2.22. The third-order valence-electron chi connectivity index (χ3n) is 4.07. The summed E-state index contributed by atoms with van der Waals surface area (Å²) in [7, 11) is 0. The summed E-state index contributed by atoms with van der Waals surface area (Å²) in [5.41, 5.74) is 3.40. The number of benzene rings is 2. The second-order valence-corrected chi connectivity index (χ2v) is 6.05. The molecule has 2 N–H and O–H groups in total. The van der Waals surface area contributed by atoms with Crippen molar-refractivity contribution in [1.82, 2.24) is 10.6 Å². The molecule has 0 aromatic heterocycles. The number of amides is 2. The van der Waals surface area contributed by atoms with Crippen molar-refractivity contribution in [3.05, 3.63) is 71.3 Å². The van der Waals surface area contributed by atoms with Gasteiger partial charge in [0, 0.05) is 6.54 Å². The predicted molar refractivity (Wildman–Crippen MR) is 88.7 cm³/mol. The summed E-state index contributed by atoms with van der Waals surface area (Å²) in [5, 5.41) is 6.08. The lowest BCUT2D eigenvalue weighted by atomic mass is 9.98. The molecule has 1 aliphatic rings. The van der Waals surface area contributed by atoms with E-state index in [1.54, 1.807) is 0 Å². The van der Waals surface area contributed by atoms with Gasteiger partial charge in [0.25, 0.3) is 0 Å². The Bertz CT molecular complexity index is 618. The molecule has 0 aliphatic heterocycles. The third kappa shape index (κ3) is 3.88. The fourth-order valence-electron chi connectivity index (χ4n) is 2.50.